The van der Waals surface area contributed by atoms with E-state index in [0.29, 0.717) is 30.4 Å². The van der Waals surface area contributed by atoms with E-state index in [4.69, 9.17) is 9.15 Å². The first-order valence-electron chi connectivity index (χ1n) is 7.96. The molecule has 0 atom stereocenters. The predicted octanol–water partition coefficient (Wildman–Crippen LogP) is 3.34. The molecule has 0 saturated heterocycles. The summed E-state index contributed by atoms with van der Waals surface area (Å²) in [6, 6.07) is 16.9. The Hall–Kier alpha value is -3.15. The fourth-order valence-corrected chi connectivity index (χ4v) is 2.46. The molecule has 0 aliphatic carbocycles. The molecule has 0 unspecified atom stereocenters. The van der Waals surface area contributed by atoms with Crippen molar-refractivity contribution in [1.29, 1.82) is 0 Å². The van der Waals surface area contributed by atoms with Gasteiger partial charge in [0.05, 0.1) is 12.7 Å². The maximum absolute atomic E-state index is 12.3. The highest BCUT2D eigenvalue weighted by Gasteiger charge is 2.15. The summed E-state index contributed by atoms with van der Waals surface area (Å²) in [6.45, 7) is 0. The van der Waals surface area contributed by atoms with Gasteiger partial charge in [-0.25, -0.2) is 0 Å². The molecule has 0 saturated carbocycles. The van der Waals surface area contributed by atoms with Crippen LogP contribution in [-0.2, 0) is 11.2 Å². The number of rotatable bonds is 6. The highest BCUT2D eigenvalue weighted by atomic mass is 16.5. The van der Waals surface area contributed by atoms with Crippen LogP contribution in [0.5, 0.6) is 5.75 Å². The van der Waals surface area contributed by atoms with Crippen molar-refractivity contribution in [1.82, 2.24) is 10.2 Å². The fourth-order valence-electron chi connectivity index (χ4n) is 2.46. The standard InChI is InChI=1S/C19H19N3O3/c1-22(14-8-4-3-5-9-14)18(23)13-12-17-20-21-19(25-17)15-10-6-7-11-16(15)24-2/h3-11H,12-13H2,1-2H3. The van der Waals surface area contributed by atoms with Gasteiger partial charge in [-0.2, -0.15) is 0 Å². The summed E-state index contributed by atoms with van der Waals surface area (Å²) in [7, 11) is 3.35. The molecule has 0 radical (unpaired) electrons. The summed E-state index contributed by atoms with van der Waals surface area (Å²) in [4.78, 5) is 13.9. The Morgan fingerprint density at radius 2 is 1.80 bits per heavy atom. The minimum atomic E-state index is -0.0109. The quantitative estimate of drug-likeness (QED) is 0.690. The number of hydrogen-bond donors (Lipinski definition) is 0. The third-order valence-corrected chi connectivity index (χ3v) is 3.87. The summed E-state index contributed by atoms with van der Waals surface area (Å²) in [5.74, 6) is 1.47. The number of nitrogens with zero attached hydrogens (tertiary/aromatic N) is 3. The topological polar surface area (TPSA) is 68.5 Å². The van der Waals surface area contributed by atoms with Crippen molar-refractivity contribution < 1.29 is 13.9 Å². The van der Waals surface area contributed by atoms with E-state index in [1.807, 2.05) is 54.6 Å². The second-order valence-corrected chi connectivity index (χ2v) is 5.49. The molecular formula is C19H19N3O3. The number of aromatic nitrogens is 2. The molecule has 0 spiro atoms. The van der Waals surface area contributed by atoms with E-state index in [9.17, 15) is 4.79 Å². The number of benzene rings is 2. The lowest BCUT2D eigenvalue weighted by atomic mass is 10.2. The second-order valence-electron chi connectivity index (χ2n) is 5.49. The Kier molecular flexibility index (Phi) is 5.09. The van der Waals surface area contributed by atoms with Crippen molar-refractivity contribution in [3.63, 3.8) is 0 Å². The van der Waals surface area contributed by atoms with Crippen molar-refractivity contribution in [2.45, 2.75) is 12.8 Å². The van der Waals surface area contributed by atoms with Crippen molar-refractivity contribution in [3.05, 3.63) is 60.5 Å². The third kappa shape index (κ3) is 3.85. The van der Waals surface area contributed by atoms with Crippen LogP contribution in [0.15, 0.2) is 59.0 Å². The van der Waals surface area contributed by atoms with E-state index < -0.39 is 0 Å². The normalized spacial score (nSPS) is 10.5. The molecule has 1 amide bonds. The molecule has 128 valence electrons. The van der Waals surface area contributed by atoms with Gasteiger partial charge in [-0.1, -0.05) is 30.3 Å². The lowest BCUT2D eigenvalue weighted by molar-refractivity contribution is -0.118. The summed E-state index contributed by atoms with van der Waals surface area (Å²) in [5, 5.41) is 8.08. The average molecular weight is 337 g/mol. The Morgan fingerprint density at radius 3 is 2.56 bits per heavy atom. The Labute approximate surface area is 146 Å². The van der Waals surface area contributed by atoms with E-state index in [1.165, 1.54) is 0 Å². The third-order valence-electron chi connectivity index (χ3n) is 3.87. The lowest BCUT2D eigenvalue weighted by Crippen LogP contribution is -2.26. The summed E-state index contributed by atoms with van der Waals surface area (Å²) in [5.41, 5.74) is 1.59. The van der Waals surface area contributed by atoms with E-state index in [-0.39, 0.29) is 5.91 Å². The molecule has 2 aromatic carbocycles. The smallest absolute Gasteiger partial charge is 0.251 e. The van der Waals surface area contributed by atoms with Crippen LogP contribution in [0.2, 0.25) is 0 Å². The SMILES string of the molecule is COc1ccccc1-c1nnc(CCC(=O)N(C)c2ccccc2)o1. The Morgan fingerprint density at radius 1 is 1.08 bits per heavy atom. The van der Waals surface area contributed by atoms with Crippen LogP contribution in [0.3, 0.4) is 0 Å². The monoisotopic (exact) mass is 337 g/mol. The minimum absolute atomic E-state index is 0.0109. The molecule has 0 N–H and O–H groups in total. The highest BCUT2D eigenvalue weighted by Crippen LogP contribution is 2.28. The maximum atomic E-state index is 12.3. The van der Waals surface area contributed by atoms with Gasteiger partial charge in [-0.3, -0.25) is 4.79 Å². The summed E-state index contributed by atoms with van der Waals surface area (Å²) < 4.78 is 11.0. The number of para-hydroxylation sites is 2. The van der Waals surface area contributed by atoms with Gasteiger partial charge in [0, 0.05) is 25.6 Å². The molecule has 25 heavy (non-hydrogen) atoms. The zero-order valence-corrected chi connectivity index (χ0v) is 14.2. The van der Waals surface area contributed by atoms with Gasteiger partial charge in [0.25, 0.3) is 5.89 Å². The van der Waals surface area contributed by atoms with Crippen molar-refractivity contribution >= 4 is 11.6 Å². The zero-order valence-electron chi connectivity index (χ0n) is 14.2. The number of anilines is 1. The molecular weight excluding hydrogens is 318 g/mol. The first-order valence-corrected chi connectivity index (χ1v) is 7.96. The molecule has 6 nitrogen and oxygen atoms in total. The van der Waals surface area contributed by atoms with Gasteiger partial charge in [-0.05, 0) is 24.3 Å². The van der Waals surface area contributed by atoms with Crippen LogP contribution < -0.4 is 9.64 Å². The van der Waals surface area contributed by atoms with Gasteiger partial charge >= 0.3 is 0 Å². The van der Waals surface area contributed by atoms with Crippen LogP contribution in [0.1, 0.15) is 12.3 Å². The first kappa shape index (κ1) is 16.7. The van der Waals surface area contributed by atoms with Gasteiger partial charge < -0.3 is 14.1 Å². The number of methoxy groups -OCH3 is 1. The number of ether oxygens (including phenoxy) is 1. The molecule has 3 rings (SSSR count). The van der Waals surface area contributed by atoms with Gasteiger partial charge in [0.2, 0.25) is 11.8 Å². The number of amides is 1. The largest absolute Gasteiger partial charge is 0.496 e. The fraction of sp³-hybridized carbons (Fsp3) is 0.211. The Balaban J connectivity index is 1.65. The minimum Gasteiger partial charge on any atom is -0.496 e. The molecule has 3 aromatic rings. The molecule has 0 aliphatic rings. The molecule has 1 heterocycles. The van der Waals surface area contributed by atoms with E-state index in [2.05, 4.69) is 10.2 Å². The van der Waals surface area contributed by atoms with Crippen LogP contribution in [0, 0.1) is 0 Å². The van der Waals surface area contributed by atoms with E-state index >= 15 is 0 Å². The molecule has 0 bridgehead atoms. The van der Waals surface area contributed by atoms with E-state index in [1.54, 1.807) is 19.1 Å². The number of carbonyl (C=O) groups excluding carboxylic acids is 1. The number of carbonyl (C=O) groups is 1. The predicted molar refractivity (Wildman–Crippen MR) is 94.5 cm³/mol. The van der Waals surface area contributed by atoms with Gasteiger partial charge in [0.15, 0.2) is 0 Å². The van der Waals surface area contributed by atoms with Gasteiger partial charge in [0.1, 0.15) is 5.75 Å². The lowest BCUT2D eigenvalue weighted by Gasteiger charge is -2.16. The second kappa shape index (κ2) is 7.61. The van der Waals surface area contributed by atoms with Crippen LogP contribution >= 0.6 is 0 Å². The van der Waals surface area contributed by atoms with Gasteiger partial charge in [-0.15, -0.1) is 10.2 Å². The van der Waals surface area contributed by atoms with Crippen LogP contribution in [0.4, 0.5) is 5.69 Å². The first-order chi connectivity index (χ1) is 12.2. The van der Waals surface area contributed by atoms with Crippen LogP contribution in [0.25, 0.3) is 11.5 Å². The number of hydrogen-bond acceptors (Lipinski definition) is 5. The summed E-state index contributed by atoms with van der Waals surface area (Å²) >= 11 is 0. The van der Waals surface area contributed by atoms with Crippen LogP contribution in [-0.4, -0.2) is 30.3 Å². The molecule has 1 aromatic heterocycles. The average Bonchev–Trinajstić information content (AvgIpc) is 3.15. The Bertz CT molecular complexity index is 846. The molecule has 6 heteroatoms. The van der Waals surface area contributed by atoms with Crippen molar-refractivity contribution in [3.8, 4) is 17.2 Å². The van der Waals surface area contributed by atoms with Crippen molar-refractivity contribution in [2.75, 3.05) is 19.1 Å². The zero-order chi connectivity index (χ0) is 17.6. The molecule has 0 aliphatic heterocycles. The molecule has 0 fully saturated rings. The highest BCUT2D eigenvalue weighted by molar-refractivity contribution is 5.92. The van der Waals surface area contributed by atoms with Crippen molar-refractivity contribution in [2.24, 2.45) is 0 Å². The summed E-state index contributed by atoms with van der Waals surface area (Å²) in [6.07, 6.45) is 0.678. The maximum Gasteiger partial charge on any atom is 0.251 e. The van der Waals surface area contributed by atoms with E-state index in [0.717, 1.165) is 11.3 Å². The number of aryl methyl sites for hydroxylation is 1.